The number of hydrogen-bond donors (Lipinski definition) is 0. The van der Waals surface area contributed by atoms with Gasteiger partial charge in [-0.1, -0.05) is 121 Å². The second-order valence-corrected chi connectivity index (χ2v) is 13.6. The van der Waals surface area contributed by atoms with Crippen LogP contribution in [0.3, 0.4) is 0 Å². The molecule has 0 unspecified atom stereocenters. The van der Waals surface area contributed by atoms with E-state index < -0.39 is 0 Å². The fraction of sp³-hybridized carbons (Fsp3) is 0. The largest absolute Gasteiger partial charge is 0.456 e. The molecule has 0 radical (unpaired) electrons. The normalized spacial score (nSPS) is 11.7. The van der Waals surface area contributed by atoms with E-state index >= 15 is 0 Å². The van der Waals surface area contributed by atoms with Crippen LogP contribution in [0.4, 0.5) is 17.1 Å². The van der Waals surface area contributed by atoms with Crippen molar-refractivity contribution in [1.82, 2.24) is 0 Å². The van der Waals surface area contributed by atoms with E-state index in [1.54, 1.807) is 0 Å². The molecule has 0 aliphatic carbocycles. The molecule has 10 aromatic rings. The third kappa shape index (κ3) is 4.55. The van der Waals surface area contributed by atoms with Gasteiger partial charge in [0.05, 0.1) is 5.69 Å². The van der Waals surface area contributed by atoms with Crippen LogP contribution in [0.5, 0.6) is 0 Å². The summed E-state index contributed by atoms with van der Waals surface area (Å²) in [5, 5.41) is 7.34. The molecule has 0 fully saturated rings. The predicted octanol–water partition coefficient (Wildman–Crippen LogP) is 13.9. The SMILES string of the molecule is c1cc(-c2cccc3oc4ccccc4c23)cc(N(c2ccc(-c3cccc4ccccc34)cc2)c2cccc3sc4ccccc4c23)c1. The zero-order valence-electron chi connectivity index (χ0n) is 26.5. The Morgan fingerprint density at radius 3 is 2.00 bits per heavy atom. The molecule has 2 heterocycles. The zero-order chi connectivity index (χ0) is 32.3. The molecule has 10 rings (SSSR count). The molecule has 0 N–H and O–H groups in total. The van der Waals surface area contributed by atoms with Gasteiger partial charge in [-0.05, 0) is 87.6 Å². The Morgan fingerprint density at radius 1 is 0.408 bits per heavy atom. The Kier molecular flexibility index (Phi) is 6.39. The van der Waals surface area contributed by atoms with Crippen LogP contribution in [0.1, 0.15) is 0 Å². The monoisotopic (exact) mass is 643 g/mol. The molecular formula is C46H29NOS. The van der Waals surface area contributed by atoms with Gasteiger partial charge in [0.25, 0.3) is 0 Å². The maximum Gasteiger partial charge on any atom is 0.136 e. The summed E-state index contributed by atoms with van der Waals surface area (Å²) < 4.78 is 8.85. The molecule has 0 amide bonds. The van der Waals surface area contributed by atoms with E-state index in [1.807, 2.05) is 23.5 Å². The highest BCUT2D eigenvalue weighted by molar-refractivity contribution is 7.26. The van der Waals surface area contributed by atoms with Crippen molar-refractivity contribution in [3.63, 3.8) is 0 Å². The number of benzene rings is 8. The smallest absolute Gasteiger partial charge is 0.136 e. The lowest BCUT2D eigenvalue weighted by Crippen LogP contribution is -2.10. The van der Waals surface area contributed by atoms with Crippen LogP contribution in [0, 0.1) is 0 Å². The van der Waals surface area contributed by atoms with E-state index in [-0.39, 0.29) is 0 Å². The van der Waals surface area contributed by atoms with Crippen LogP contribution >= 0.6 is 11.3 Å². The zero-order valence-corrected chi connectivity index (χ0v) is 27.3. The van der Waals surface area contributed by atoms with Crippen molar-refractivity contribution in [2.45, 2.75) is 0 Å². The lowest BCUT2D eigenvalue weighted by Gasteiger charge is -2.27. The van der Waals surface area contributed by atoms with Crippen molar-refractivity contribution in [1.29, 1.82) is 0 Å². The van der Waals surface area contributed by atoms with Gasteiger partial charge in [-0.15, -0.1) is 11.3 Å². The number of furan rings is 1. The van der Waals surface area contributed by atoms with Crippen molar-refractivity contribution in [2.24, 2.45) is 0 Å². The third-order valence-corrected chi connectivity index (χ3v) is 10.8. The molecule has 0 aliphatic rings. The molecule has 230 valence electrons. The minimum atomic E-state index is 0.902. The standard InChI is InChI=1S/C46H29NOS/c1-2-15-35-30(11-1)12-8-18-36(35)31-25-27-33(28-26-31)47(40-20-10-24-44-46(40)39-17-4-6-23-43(39)49-44)34-14-7-13-32(29-34)37-19-9-22-42-45(37)38-16-3-5-21-41(38)48-42/h1-29H. The van der Waals surface area contributed by atoms with E-state index in [0.717, 1.165) is 50.1 Å². The first-order chi connectivity index (χ1) is 24.3. The van der Waals surface area contributed by atoms with Crippen LogP contribution in [0.25, 0.3) is 75.1 Å². The summed E-state index contributed by atoms with van der Waals surface area (Å²) in [6.07, 6.45) is 0. The molecule has 0 aliphatic heterocycles. The first kappa shape index (κ1) is 27.9. The minimum Gasteiger partial charge on any atom is -0.456 e. The Balaban J connectivity index is 1.18. The molecule has 3 heteroatoms. The van der Waals surface area contributed by atoms with Gasteiger partial charge in [0.15, 0.2) is 0 Å². The average molecular weight is 644 g/mol. The van der Waals surface area contributed by atoms with Crippen molar-refractivity contribution < 1.29 is 4.42 Å². The van der Waals surface area contributed by atoms with Gasteiger partial charge in [-0.3, -0.25) is 0 Å². The summed E-state index contributed by atoms with van der Waals surface area (Å²) in [6, 6.07) is 63.3. The molecule has 0 saturated carbocycles. The second-order valence-electron chi connectivity index (χ2n) is 12.5. The Labute approximate surface area is 287 Å². The summed E-state index contributed by atoms with van der Waals surface area (Å²) in [4.78, 5) is 2.42. The van der Waals surface area contributed by atoms with Gasteiger partial charge in [0.2, 0.25) is 0 Å². The maximum absolute atomic E-state index is 6.28. The highest BCUT2D eigenvalue weighted by Crippen LogP contribution is 2.46. The summed E-state index contributed by atoms with van der Waals surface area (Å²) in [7, 11) is 0. The number of para-hydroxylation sites is 1. The van der Waals surface area contributed by atoms with Crippen molar-refractivity contribution in [2.75, 3.05) is 4.90 Å². The first-order valence-corrected chi connectivity index (χ1v) is 17.4. The predicted molar refractivity (Wildman–Crippen MR) is 210 cm³/mol. The molecule has 0 atom stereocenters. The van der Waals surface area contributed by atoms with Gasteiger partial charge in [0, 0.05) is 42.3 Å². The lowest BCUT2D eigenvalue weighted by molar-refractivity contribution is 0.669. The Hall–Kier alpha value is -6.16. The average Bonchev–Trinajstić information content (AvgIpc) is 3.74. The van der Waals surface area contributed by atoms with Crippen molar-refractivity contribution >= 4 is 81.3 Å². The molecular weight excluding hydrogens is 615 g/mol. The maximum atomic E-state index is 6.28. The second kappa shape index (κ2) is 11.2. The third-order valence-electron chi connectivity index (χ3n) is 9.67. The quantitative estimate of drug-likeness (QED) is 0.186. The number of hydrogen-bond acceptors (Lipinski definition) is 3. The molecule has 0 saturated heterocycles. The molecule has 2 nitrogen and oxygen atoms in total. The summed E-state index contributed by atoms with van der Waals surface area (Å²) in [5.74, 6) is 0. The summed E-state index contributed by atoms with van der Waals surface area (Å²) >= 11 is 1.85. The van der Waals surface area contributed by atoms with Gasteiger partial charge in [-0.2, -0.15) is 0 Å². The van der Waals surface area contributed by atoms with E-state index in [9.17, 15) is 0 Å². The molecule has 0 bridgehead atoms. The number of thiophene rings is 1. The Morgan fingerprint density at radius 2 is 1.08 bits per heavy atom. The van der Waals surface area contributed by atoms with E-state index in [4.69, 9.17) is 4.42 Å². The number of anilines is 3. The van der Waals surface area contributed by atoms with Crippen LogP contribution in [0.15, 0.2) is 180 Å². The van der Waals surface area contributed by atoms with E-state index in [0.29, 0.717) is 0 Å². The topological polar surface area (TPSA) is 16.4 Å². The van der Waals surface area contributed by atoms with Crippen molar-refractivity contribution in [3.05, 3.63) is 176 Å². The van der Waals surface area contributed by atoms with Gasteiger partial charge < -0.3 is 9.32 Å². The molecule has 8 aromatic carbocycles. The Bertz CT molecular complexity index is 2840. The number of fused-ring (bicyclic) bond motifs is 7. The van der Waals surface area contributed by atoms with Crippen LogP contribution < -0.4 is 4.90 Å². The molecule has 49 heavy (non-hydrogen) atoms. The lowest BCUT2D eigenvalue weighted by atomic mass is 9.97. The highest BCUT2D eigenvalue weighted by Gasteiger charge is 2.20. The van der Waals surface area contributed by atoms with Gasteiger partial charge in [-0.25, -0.2) is 0 Å². The highest BCUT2D eigenvalue weighted by atomic mass is 32.1. The minimum absolute atomic E-state index is 0.902. The van der Waals surface area contributed by atoms with Crippen LogP contribution in [0.2, 0.25) is 0 Å². The number of rotatable bonds is 5. The molecule has 2 aromatic heterocycles. The van der Waals surface area contributed by atoms with Crippen molar-refractivity contribution in [3.8, 4) is 22.3 Å². The van der Waals surface area contributed by atoms with Gasteiger partial charge in [0.1, 0.15) is 11.2 Å². The summed E-state index contributed by atoms with van der Waals surface area (Å²) in [6.45, 7) is 0. The first-order valence-electron chi connectivity index (χ1n) is 16.6. The number of nitrogens with zero attached hydrogens (tertiary/aromatic N) is 1. The fourth-order valence-corrected chi connectivity index (χ4v) is 8.59. The van der Waals surface area contributed by atoms with E-state index in [1.165, 1.54) is 42.1 Å². The van der Waals surface area contributed by atoms with Crippen LogP contribution in [-0.2, 0) is 0 Å². The summed E-state index contributed by atoms with van der Waals surface area (Å²) in [5.41, 5.74) is 9.93. The van der Waals surface area contributed by atoms with Gasteiger partial charge >= 0.3 is 0 Å². The fourth-order valence-electron chi connectivity index (χ4n) is 7.46. The van der Waals surface area contributed by atoms with Crippen LogP contribution in [-0.4, -0.2) is 0 Å². The molecule has 0 spiro atoms. The van der Waals surface area contributed by atoms with E-state index in [2.05, 4.69) is 169 Å².